The molecule has 0 spiro atoms. The third kappa shape index (κ3) is 4.36. The lowest BCUT2D eigenvalue weighted by molar-refractivity contribution is 0.303. The molecule has 0 aliphatic carbocycles. The highest BCUT2D eigenvalue weighted by Crippen LogP contribution is 2.27. The fourth-order valence-corrected chi connectivity index (χ4v) is 3.89. The molecule has 154 valence electrons. The number of unbranched alkanes of at least 4 members (excludes halogenated alkanes) is 1. The van der Waals surface area contributed by atoms with Gasteiger partial charge in [-0.3, -0.25) is 0 Å². The molecule has 4 aromatic rings. The molecule has 3 nitrogen and oxygen atoms in total. The monoisotopic (exact) mass is 418 g/mol. The van der Waals surface area contributed by atoms with Gasteiger partial charge in [0.15, 0.2) is 0 Å². The van der Waals surface area contributed by atoms with E-state index in [0.717, 1.165) is 58.2 Å². The zero-order valence-corrected chi connectivity index (χ0v) is 18.5. The van der Waals surface area contributed by atoms with Gasteiger partial charge in [0, 0.05) is 17.1 Å². The second-order valence-corrected chi connectivity index (χ2v) is 8.25. The Morgan fingerprint density at radius 1 is 0.900 bits per heavy atom. The number of benzene rings is 3. The lowest BCUT2D eigenvalue weighted by atomic mass is 10.1. The number of rotatable bonds is 7. The topological polar surface area (TPSA) is 27.1 Å². The van der Waals surface area contributed by atoms with Gasteiger partial charge in [-0.1, -0.05) is 53.6 Å². The van der Waals surface area contributed by atoms with E-state index in [4.69, 9.17) is 21.3 Å². The smallest absolute Gasteiger partial charge is 0.141 e. The average Bonchev–Trinajstić information content (AvgIpc) is 3.11. The average molecular weight is 419 g/mol. The Hall–Kier alpha value is -2.78. The van der Waals surface area contributed by atoms with Crippen molar-refractivity contribution in [3.63, 3.8) is 0 Å². The number of hydrogen-bond acceptors (Lipinski definition) is 2. The van der Waals surface area contributed by atoms with Crippen LogP contribution in [0.15, 0.2) is 60.7 Å². The number of aromatic nitrogens is 2. The van der Waals surface area contributed by atoms with E-state index < -0.39 is 0 Å². The SMILES string of the molecule is Cc1ccc(-c2nc3ccccc3n2CCCCOc2cc(C)c(Cl)c(C)c2)cc1. The van der Waals surface area contributed by atoms with Crippen LogP contribution in [-0.4, -0.2) is 16.2 Å². The number of aryl methyl sites for hydroxylation is 4. The molecule has 1 heterocycles. The third-order valence-corrected chi connectivity index (χ3v) is 6.02. The van der Waals surface area contributed by atoms with Crippen molar-refractivity contribution in [3.05, 3.63) is 82.4 Å². The minimum absolute atomic E-state index is 0.688. The van der Waals surface area contributed by atoms with Crippen molar-refractivity contribution >= 4 is 22.6 Å². The molecule has 30 heavy (non-hydrogen) atoms. The Balaban J connectivity index is 1.45. The van der Waals surface area contributed by atoms with E-state index in [1.54, 1.807) is 0 Å². The van der Waals surface area contributed by atoms with Crippen LogP contribution >= 0.6 is 11.6 Å². The molecular weight excluding hydrogens is 392 g/mol. The molecule has 0 radical (unpaired) electrons. The molecule has 0 saturated heterocycles. The van der Waals surface area contributed by atoms with Crippen LogP contribution in [-0.2, 0) is 6.54 Å². The highest BCUT2D eigenvalue weighted by atomic mass is 35.5. The summed E-state index contributed by atoms with van der Waals surface area (Å²) in [6.07, 6.45) is 1.99. The van der Waals surface area contributed by atoms with Crippen molar-refractivity contribution in [3.8, 4) is 17.1 Å². The van der Waals surface area contributed by atoms with E-state index in [2.05, 4.69) is 54.0 Å². The predicted octanol–water partition coefficient (Wildman–Crippen LogP) is 7.14. The number of halogens is 1. The first-order valence-corrected chi connectivity index (χ1v) is 10.8. The van der Waals surface area contributed by atoms with Gasteiger partial charge >= 0.3 is 0 Å². The number of fused-ring (bicyclic) bond motifs is 1. The lowest BCUT2D eigenvalue weighted by Gasteiger charge is -2.12. The summed E-state index contributed by atoms with van der Waals surface area (Å²) in [4.78, 5) is 4.91. The van der Waals surface area contributed by atoms with Crippen molar-refractivity contribution in [1.29, 1.82) is 0 Å². The van der Waals surface area contributed by atoms with E-state index in [0.29, 0.717) is 6.61 Å². The Morgan fingerprint density at radius 2 is 1.60 bits per heavy atom. The highest BCUT2D eigenvalue weighted by molar-refractivity contribution is 6.32. The minimum Gasteiger partial charge on any atom is -0.494 e. The van der Waals surface area contributed by atoms with Gasteiger partial charge in [0.05, 0.1) is 17.6 Å². The van der Waals surface area contributed by atoms with Crippen LogP contribution in [0, 0.1) is 20.8 Å². The van der Waals surface area contributed by atoms with Crippen LogP contribution in [0.4, 0.5) is 0 Å². The molecule has 0 fully saturated rings. The van der Waals surface area contributed by atoms with Gasteiger partial charge < -0.3 is 9.30 Å². The highest BCUT2D eigenvalue weighted by Gasteiger charge is 2.12. The summed E-state index contributed by atoms with van der Waals surface area (Å²) >= 11 is 6.25. The van der Waals surface area contributed by atoms with Crippen LogP contribution in [0.2, 0.25) is 5.02 Å². The molecule has 0 saturated carbocycles. The molecule has 0 atom stereocenters. The van der Waals surface area contributed by atoms with Gasteiger partial charge in [0.25, 0.3) is 0 Å². The first-order valence-electron chi connectivity index (χ1n) is 10.4. The predicted molar refractivity (Wildman–Crippen MR) is 126 cm³/mol. The van der Waals surface area contributed by atoms with E-state index in [-0.39, 0.29) is 0 Å². The van der Waals surface area contributed by atoms with E-state index in [1.165, 1.54) is 11.1 Å². The summed E-state index contributed by atoms with van der Waals surface area (Å²) < 4.78 is 8.30. The molecule has 0 bridgehead atoms. The molecule has 0 aliphatic heterocycles. The molecule has 0 amide bonds. The lowest BCUT2D eigenvalue weighted by Crippen LogP contribution is -2.04. The maximum atomic E-state index is 6.25. The summed E-state index contributed by atoms with van der Waals surface area (Å²) in [6, 6.07) is 21.0. The normalized spacial score (nSPS) is 11.2. The first kappa shape index (κ1) is 20.5. The van der Waals surface area contributed by atoms with Gasteiger partial charge in [-0.05, 0) is 69.0 Å². The second-order valence-electron chi connectivity index (χ2n) is 7.87. The van der Waals surface area contributed by atoms with Gasteiger partial charge in [-0.2, -0.15) is 0 Å². The zero-order valence-electron chi connectivity index (χ0n) is 17.8. The van der Waals surface area contributed by atoms with Gasteiger partial charge in [0.1, 0.15) is 11.6 Å². The van der Waals surface area contributed by atoms with Gasteiger partial charge in [-0.25, -0.2) is 4.98 Å². The van der Waals surface area contributed by atoms with Crippen molar-refractivity contribution < 1.29 is 4.74 Å². The number of nitrogens with zero attached hydrogens (tertiary/aromatic N) is 2. The van der Waals surface area contributed by atoms with Crippen LogP contribution in [0.1, 0.15) is 29.5 Å². The first-order chi connectivity index (χ1) is 14.5. The number of hydrogen-bond donors (Lipinski definition) is 0. The Kier molecular flexibility index (Phi) is 6.10. The summed E-state index contributed by atoms with van der Waals surface area (Å²) in [5.41, 5.74) is 6.74. The van der Waals surface area contributed by atoms with Crippen molar-refractivity contribution in [2.75, 3.05) is 6.61 Å². The van der Waals surface area contributed by atoms with Gasteiger partial charge in [-0.15, -0.1) is 0 Å². The number of para-hydroxylation sites is 2. The van der Waals surface area contributed by atoms with Crippen molar-refractivity contribution in [1.82, 2.24) is 9.55 Å². The maximum absolute atomic E-state index is 6.25. The molecule has 3 aromatic carbocycles. The molecule has 4 heteroatoms. The molecular formula is C26H27ClN2O. The summed E-state index contributed by atoms with van der Waals surface area (Å²) in [5.74, 6) is 1.92. The standard InChI is InChI=1S/C26H27ClN2O/c1-18-10-12-21(13-11-18)26-28-23-8-4-5-9-24(23)29(26)14-6-7-15-30-22-16-19(2)25(27)20(3)17-22/h4-5,8-13,16-17H,6-7,14-15H2,1-3H3. The maximum Gasteiger partial charge on any atom is 0.141 e. The second kappa shape index (κ2) is 8.93. The molecule has 0 unspecified atom stereocenters. The summed E-state index contributed by atoms with van der Waals surface area (Å²) in [7, 11) is 0. The fourth-order valence-electron chi connectivity index (χ4n) is 3.78. The molecule has 4 rings (SSSR count). The largest absolute Gasteiger partial charge is 0.494 e. The summed E-state index contributed by atoms with van der Waals surface area (Å²) in [6.45, 7) is 7.73. The number of imidazole rings is 1. The molecule has 0 N–H and O–H groups in total. The Bertz CT molecular complexity index is 1140. The number of ether oxygens (including phenoxy) is 1. The van der Waals surface area contributed by atoms with E-state index in [9.17, 15) is 0 Å². The fraction of sp³-hybridized carbons (Fsp3) is 0.269. The van der Waals surface area contributed by atoms with E-state index in [1.807, 2.05) is 32.0 Å². The van der Waals surface area contributed by atoms with Crippen LogP contribution in [0.25, 0.3) is 22.4 Å². The van der Waals surface area contributed by atoms with Crippen molar-refractivity contribution in [2.24, 2.45) is 0 Å². The molecule has 0 aliphatic rings. The van der Waals surface area contributed by atoms with Crippen LogP contribution in [0.3, 0.4) is 0 Å². The van der Waals surface area contributed by atoms with Crippen molar-refractivity contribution in [2.45, 2.75) is 40.2 Å². The van der Waals surface area contributed by atoms with Crippen LogP contribution in [0.5, 0.6) is 5.75 Å². The van der Waals surface area contributed by atoms with E-state index >= 15 is 0 Å². The summed E-state index contributed by atoms with van der Waals surface area (Å²) in [5, 5.41) is 0.818. The third-order valence-electron chi connectivity index (χ3n) is 5.42. The Morgan fingerprint density at radius 3 is 2.33 bits per heavy atom. The molecule has 1 aromatic heterocycles. The quantitative estimate of drug-likeness (QED) is 0.298. The van der Waals surface area contributed by atoms with Crippen LogP contribution < -0.4 is 4.74 Å². The van der Waals surface area contributed by atoms with Gasteiger partial charge in [0.2, 0.25) is 0 Å². The zero-order chi connectivity index (χ0) is 21.1. The minimum atomic E-state index is 0.688. The Labute approximate surface area is 183 Å².